The Bertz CT molecular complexity index is 138. The lowest BCUT2D eigenvalue weighted by Gasteiger charge is -2.31. The summed E-state index contributed by atoms with van der Waals surface area (Å²) in [6.07, 6.45) is 0. The molecule has 0 aliphatic rings. The number of hydrogen-bond donors (Lipinski definition) is 0. The van der Waals surface area contributed by atoms with Crippen LogP contribution in [0.5, 0.6) is 0 Å². The second kappa shape index (κ2) is 7.29. The van der Waals surface area contributed by atoms with E-state index < -0.39 is 0 Å². The van der Waals surface area contributed by atoms with E-state index >= 15 is 0 Å². The van der Waals surface area contributed by atoms with Gasteiger partial charge in [0.2, 0.25) is 0 Å². The molecule has 1 radical (unpaired) electrons. The molecular formula is C14H32N2+. The summed E-state index contributed by atoms with van der Waals surface area (Å²) in [4.78, 5) is 5.13. The molecule has 0 spiro atoms. The molecule has 0 unspecified atom stereocenters. The zero-order valence-electron chi connectivity index (χ0n) is 12.6. The van der Waals surface area contributed by atoms with Gasteiger partial charge in [0.25, 0.3) is 0 Å². The fraction of sp³-hybridized carbons (Fsp3) is 1.00. The van der Waals surface area contributed by atoms with Gasteiger partial charge in [-0.1, -0.05) is 0 Å². The largest absolute Gasteiger partial charge is 0.293 e. The molecule has 0 rings (SSSR count). The van der Waals surface area contributed by atoms with Gasteiger partial charge < -0.3 is 0 Å². The molecule has 0 aromatic rings. The summed E-state index contributed by atoms with van der Waals surface area (Å²) in [6, 6.07) is 2.56. The molecule has 0 N–H and O–H groups in total. The standard InChI is InChI=1S/C14H32N2/c1-11(2)15(12(3)4)9-10-16(13(5)6)14(7)8/h11-14H,9-10H2,1-8H3/q+1. The monoisotopic (exact) mass is 228 g/mol. The molecule has 0 amide bonds. The van der Waals surface area contributed by atoms with Gasteiger partial charge in [0.15, 0.2) is 0 Å². The van der Waals surface area contributed by atoms with Crippen LogP contribution in [0.4, 0.5) is 0 Å². The van der Waals surface area contributed by atoms with Crippen molar-refractivity contribution in [2.75, 3.05) is 13.1 Å². The third-order valence-electron chi connectivity index (χ3n) is 3.27. The predicted molar refractivity (Wildman–Crippen MR) is 74.3 cm³/mol. The molecule has 0 aromatic heterocycles. The molecule has 2 nitrogen and oxygen atoms in total. The molecule has 0 aliphatic carbocycles. The fourth-order valence-corrected chi connectivity index (χ4v) is 2.46. The van der Waals surface area contributed by atoms with Crippen molar-refractivity contribution in [3.63, 3.8) is 0 Å². The molecule has 16 heavy (non-hydrogen) atoms. The lowest BCUT2D eigenvalue weighted by Crippen LogP contribution is -2.49. The Morgan fingerprint density at radius 1 is 0.750 bits per heavy atom. The Morgan fingerprint density at radius 2 is 1.12 bits per heavy atom. The lowest BCUT2D eigenvalue weighted by molar-refractivity contribution is 0.153. The summed E-state index contributed by atoms with van der Waals surface area (Å²) < 4.78 is 0. The van der Waals surface area contributed by atoms with Gasteiger partial charge in [0.1, 0.15) is 18.6 Å². The van der Waals surface area contributed by atoms with E-state index in [0.717, 1.165) is 0 Å². The van der Waals surface area contributed by atoms with Gasteiger partial charge in [-0.3, -0.25) is 4.90 Å². The Morgan fingerprint density at radius 3 is 1.38 bits per heavy atom. The maximum Gasteiger partial charge on any atom is 0.136 e. The minimum Gasteiger partial charge on any atom is -0.293 e. The molecule has 0 saturated carbocycles. The van der Waals surface area contributed by atoms with Crippen molar-refractivity contribution in [1.82, 2.24) is 9.80 Å². The third-order valence-corrected chi connectivity index (χ3v) is 3.27. The van der Waals surface area contributed by atoms with Crippen molar-refractivity contribution >= 4 is 0 Å². The van der Waals surface area contributed by atoms with Crippen molar-refractivity contribution in [2.45, 2.75) is 79.6 Å². The highest BCUT2D eigenvalue weighted by molar-refractivity contribution is 4.77. The summed E-state index contributed by atoms with van der Waals surface area (Å²) in [6.45, 7) is 20.6. The number of rotatable bonds is 7. The fourth-order valence-electron chi connectivity index (χ4n) is 2.46. The maximum absolute atomic E-state index is 2.57. The molecule has 2 heteroatoms. The quantitative estimate of drug-likeness (QED) is 0.609. The Labute approximate surface area is 103 Å². The molecule has 0 atom stereocenters. The number of hydrogen-bond acceptors (Lipinski definition) is 2. The van der Waals surface area contributed by atoms with Crippen molar-refractivity contribution in [3.8, 4) is 0 Å². The smallest absolute Gasteiger partial charge is 0.136 e. The lowest BCUT2D eigenvalue weighted by atomic mass is 10.2. The van der Waals surface area contributed by atoms with E-state index in [2.05, 4.69) is 65.2 Å². The van der Waals surface area contributed by atoms with Gasteiger partial charge in [-0.15, -0.1) is 0 Å². The molecule has 97 valence electrons. The SMILES string of the molecule is CC(C)N(CC[N+](C(C)C)C(C)C)C(C)C. The summed E-state index contributed by atoms with van der Waals surface area (Å²) in [5.41, 5.74) is 0. The highest BCUT2D eigenvalue weighted by atomic mass is 15.2. The second-order valence-corrected chi connectivity index (χ2v) is 5.85. The summed E-state index contributed by atoms with van der Waals surface area (Å²) >= 11 is 0. The first-order chi connectivity index (χ1) is 7.27. The van der Waals surface area contributed by atoms with Gasteiger partial charge >= 0.3 is 0 Å². The zero-order valence-corrected chi connectivity index (χ0v) is 12.6. The van der Waals surface area contributed by atoms with Crippen LogP contribution in [0, 0.1) is 0 Å². The minimum absolute atomic E-state index is 0.640. The first-order valence-electron chi connectivity index (χ1n) is 6.78. The van der Waals surface area contributed by atoms with E-state index in [1.54, 1.807) is 0 Å². The van der Waals surface area contributed by atoms with E-state index in [0.29, 0.717) is 24.2 Å². The zero-order chi connectivity index (χ0) is 12.9. The average Bonchev–Trinajstić information content (AvgIpc) is 2.09. The Balaban J connectivity index is 4.27. The van der Waals surface area contributed by atoms with Crippen molar-refractivity contribution in [2.24, 2.45) is 0 Å². The maximum atomic E-state index is 2.57. The third kappa shape index (κ3) is 5.31. The predicted octanol–water partition coefficient (Wildman–Crippen LogP) is 3.06. The molecule has 0 fully saturated rings. The van der Waals surface area contributed by atoms with Crippen molar-refractivity contribution in [1.29, 1.82) is 0 Å². The second-order valence-electron chi connectivity index (χ2n) is 5.85. The van der Waals surface area contributed by atoms with Gasteiger partial charge in [0, 0.05) is 12.1 Å². The summed E-state index contributed by atoms with van der Waals surface area (Å²) in [7, 11) is 0. The topological polar surface area (TPSA) is 9.14 Å². The van der Waals surface area contributed by atoms with Crippen LogP contribution in [0.25, 0.3) is 0 Å². The van der Waals surface area contributed by atoms with Crippen LogP contribution in [0.2, 0.25) is 0 Å². The molecule has 0 heterocycles. The van der Waals surface area contributed by atoms with Gasteiger partial charge in [-0.25, -0.2) is 0 Å². The van der Waals surface area contributed by atoms with Crippen LogP contribution in [0.15, 0.2) is 0 Å². The highest BCUT2D eigenvalue weighted by Gasteiger charge is 2.25. The Hall–Kier alpha value is -0.0800. The molecule has 0 saturated heterocycles. The van der Waals surface area contributed by atoms with Gasteiger partial charge in [-0.2, -0.15) is 4.90 Å². The Kier molecular flexibility index (Phi) is 7.25. The van der Waals surface area contributed by atoms with Crippen molar-refractivity contribution < 1.29 is 0 Å². The molecule has 0 aromatic carbocycles. The molecule has 0 bridgehead atoms. The highest BCUT2D eigenvalue weighted by Crippen LogP contribution is 2.07. The van der Waals surface area contributed by atoms with Crippen LogP contribution >= 0.6 is 0 Å². The first-order valence-corrected chi connectivity index (χ1v) is 6.78. The van der Waals surface area contributed by atoms with Crippen LogP contribution in [-0.4, -0.2) is 42.2 Å². The normalized spacial score (nSPS) is 13.1. The summed E-state index contributed by atoms with van der Waals surface area (Å²) in [5.74, 6) is 0. The van der Waals surface area contributed by atoms with E-state index in [-0.39, 0.29) is 0 Å². The average molecular weight is 228 g/mol. The van der Waals surface area contributed by atoms with E-state index in [4.69, 9.17) is 0 Å². The number of nitrogens with zero attached hydrogens (tertiary/aromatic N) is 2. The molecular weight excluding hydrogens is 196 g/mol. The van der Waals surface area contributed by atoms with E-state index in [1.165, 1.54) is 13.1 Å². The van der Waals surface area contributed by atoms with Crippen LogP contribution in [0.1, 0.15) is 55.4 Å². The van der Waals surface area contributed by atoms with Gasteiger partial charge in [-0.05, 0) is 55.4 Å². The first kappa shape index (κ1) is 15.9. The van der Waals surface area contributed by atoms with Crippen LogP contribution < -0.4 is 4.90 Å². The summed E-state index contributed by atoms with van der Waals surface area (Å²) in [5, 5.41) is 0. The van der Waals surface area contributed by atoms with Crippen LogP contribution in [0.3, 0.4) is 0 Å². The van der Waals surface area contributed by atoms with Crippen LogP contribution in [-0.2, 0) is 0 Å². The van der Waals surface area contributed by atoms with E-state index in [9.17, 15) is 0 Å². The van der Waals surface area contributed by atoms with Crippen molar-refractivity contribution in [3.05, 3.63) is 0 Å². The van der Waals surface area contributed by atoms with Gasteiger partial charge in [0.05, 0.1) is 6.54 Å². The minimum atomic E-state index is 0.640. The molecule has 0 aliphatic heterocycles. The van der Waals surface area contributed by atoms with E-state index in [1.807, 2.05) is 0 Å².